The molecule has 0 saturated carbocycles. The lowest BCUT2D eigenvalue weighted by molar-refractivity contribution is -0.711. The van der Waals surface area contributed by atoms with Gasteiger partial charge in [0.05, 0.1) is 24.6 Å². The molecule has 0 spiro atoms. The van der Waals surface area contributed by atoms with E-state index in [4.69, 9.17) is 17.4 Å². The van der Waals surface area contributed by atoms with Gasteiger partial charge in [0.1, 0.15) is 4.64 Å². The van der Waals surface area contributed by atoms with Crippen LogP contribution in [0.25, 0.3) is 0 Å². The summed E-state index contributed by atoms with van der Waals surface area (Å²) < 4.78 is 2.85. The van der Waals surface area contributed by atoms with Gasteiger partial charge < -0.3 is 15.0 Å². The van der Waals surface area contributed by atoms with E-state index in [1.54, 1.807) is 0 Å². The molecule has 1 saturated heterocycles. The Kier molecular flexibility index (Phi) is 6.68. The van der Waals surface area contributed by atoms with Crippen molar-refractivity contribution in [2.45, 2.75) is 19.9 Å². The maximum atomic E-state index is 11.2. The Labute approximate surface area is 146 Å². The first-order valence-corrected chi connectivity index (χ1v) is 8.44. The van der Waals surface area contributed by atoms with Gasteiger partial charge in [-0.1, -0.05) is 12.2 Å². The zero-order valence-electron chi connectivity index (χ0n) is 14.1. The highest BCUT2D eigenvalue weighted by atomic mass is 32.1. The van der Waals surface area contributed by atoms with Crippen molar-refractivity contribution < 1.29 is 10.2 Å². The molecule has 24 heavy (non-hydrogen) atoms. The molecule has 1 aromatic rings. The van der Waals surface area contributed by atoms with Crippen LogP contribution in [-0.4, -0.2) is 70.1 Å². The second-order valence-corrected chi connectivity index (χ2v) is 6.33. The summed E-state index contributed by atoms with van der Waals surface area (Å²) in [6.45, 7) is 8.28. The van der Waals surface area contributed by atoms with Crippen molar-refractivity contribution in [3.63, 3.8) is 0 Å². The Morgan fingerprint density at radius 2 is 2.08 bits per heavy atom. The third-order valence-electron chi connectivity index (χ3n) is 4.00. The van der Waals surface area contributed by atoms with Crippen LogP contribution >= 0.6 is 12.2 Å². The fourth-order valence-electron chi connectivity index (χ4n) is 2.58. The maximum absolute atomic E-state index is 11.2. The number of rotatable bonds is 6. The molecular formula is C15H24N6O2S. The van der Waals surface area contributed by atoms with E-state index in [0.29, 0.717) is 25.7 Å². The number of hydrogen-bond donors (Lipinski definition) is 1. The summed E-state index contributed by atoms with van der Waals surface area (Å²) in [5, 5.41) is 23.7. The van der Waals surface area contributed by atoms with Crippen molar-refractivity contribution >= 4 is 18.4 Å². The molecule has 1 aromatic heterocycles. The fourth-order valence-corrected chi connectivity index (χ4v) is 2.98. The summed E-state index contributed by atoms with van der Waals surface area (Å²) in [4.78, 5) is 6.94. The summed E-state index contributed by atoms with van der Waals surface area (Å²) in [7, 11) is 0. The first kappa shape index (κ1) is 18.3. The van der Waals surface area contributed by atoms with Crippen LogP contribution in [0.4, 0.5) is 0 Å². The molecule has 1 N–H and O–H groups in total. The van der Waals surface area contributed by atoms with Crippen molar-refractivity contribution in [3.05, 3.63) is 33.7 Å². The van der Waals surface area contributed by atoms with Crippen LogP contribution in [0.15, 0.2) is 28.6 Å². The number of aromatic nitrogens is 1. The Balaban J connectivity index is 1.82. The molecule has 0 bridgehead atoms. The van der Waals surface area contributed by atoms with Crippen molar-refractivity contribution in [3.8, 4) is 0 Å². The molecule has 0 atom stereocenters. The van der Waals surface area contributed by atoms with Crippen molar-refractivity contribution in [1.82, 2.24) is 14.5 Å². The van der Waals surface area contributed by atoms with Gasteiger partial charge in [-0.25, -0.2) is 0 Å². The first-order valence-electron chi connectivity index (χ1n) is 8.03. The third kappa shape index (κ3) is 4.75. The molecule has 132 valence electrons. The van der Waals surface area contributed by atoms with Crippen molar-refractivity contribution in [1.29, 1.82) is 0 Å². The van der Waals surface area contributed by atoms with Gasteiger partial charge in [-0.15, -0.1) is 5.01 Å². The van der Waals surface area contributed by atoms with E-state index in [-0.39, 0.29) is 4.97 Å². The van der Waals surface area contributed by atoms with Gasteiger partial charge in [-0.2, -0.15) is 0 Å². The number of hydrogen-bond acceptors (Lipinski definition) is 5. The summed E-state index contributed by atoms with van der Waals surface area (Å²) in [6.07, 6.45) is 3.82. The number of hydrazine groups is 1. The topological polar surface area (TPSA) is 82.4 Å². The summed E-state index contributed by atoms with van der Waals surface area (Å²) >= 11 is 5.48. The average Bonchev–Trinajstić information content (AvgIpc) is 2.59. The van der Waals surface area contributed by atoms with Gasteiger partial charge in [0.15, 0.2) is 0 Å². The monoisotopic (exact) mass is 352 g/mol. The van der Waals surface area contributed by atoms with Gasteiger partial charge in [0, 0.05) is 43.7 Å². The van der Waals surface area contributed by atoms with E-state index >= 15 is 0 Å². The van der Waals surface area contributed by atoms with Gasteiger partial charge in [0.2, 0.25) is 5.28 Å². The molecule has 1 fully saturated rings. The Bertz CT molecular complexity index is 650. The molecule has 0 unspecified atom stereocenters. The highest BCUT2D eigenvalue weighted by Gasteiger charge is 2.21. The lowest BCUT2D eigenvalue weighted by atomic mass is 10.3. The fraction of sp³-hybridized carbons (Fsp3) is 0.600. The van der Waals surface area contributed by atoms with Crippen LogP contribution in [0.2, 0.25) is 0 Å². The van der Waals surface area contributed by atoms with E-state index in [9.17, 15) is 5.21 Å². The summed E-state index contributed by atoms with van der Waals surface area (Å²) in [6, 6.07) is 4.29. The SMILES string of the molecule is CC(C)n1cccc(C=NCCN2CCN([N+]([O-])=NO)CC2)c1=S. The maximum Gasteiger partial charge on any atom is 0.230 e. The molecular weight excluding hydrogens is 328 g/mol. The van der Waals surface area contributed by atoms with Crippen molar-refractivity contribution in [2.75, 3.05) is 39.3 Å². The molecule has 8 nitrogen and oxygen atoms in total. The van der Waals surface area contributed by atoms with Gasteiger partial charge in [0.25, 0.3) is 0 Å². The normalized spacial score (nSPS) is 17.1. The van der Waals surface area contributed by atoms with Crippen molar-refractivity contribution in [2.24, 2.45) is 10.3 Å². The third-order valence-corrected chi connectivity index (χ3v) is 4.45. The smallest absolute Gasteiger partial charge is 0.230 e. The van der Waals surface area contributed by atoms with E-state index in [1.807, 2.05) is 24.5 Å². The lowest BCUT2D eigenvalue weighted by Crippen LogP contribution is -2.49. The molecule has 2 heterocycles. The zero-order chi connectivity index (χ0) is 17.5. The van der Waals surface area contributed by atoms with E-state index in [0.717, 1.165) is 29.8 Å². The molecule has 1 aliphatic heterocycles. The van der Waals surface area contributed by atoms with Gasteiger partial charge in [-0.3, -0.25) is 9.89 Å². The molecule has 1 aliphatic rings. The van der Waals surface area contributed by atoms with Crippen LogP contribution < -0.4 is 0 Å². The second-order valence-electron chi connectivity index (χ2n) is 5.94. The van der Waals surface area contributed by atoms with Crippen LogP contribution in [0.3, 0.4) is 0 Å². The molecule has 0 amide bonds. The number of piperazine rings is 1. The minimum absolute atomic E-state index is 0.236. The van der Waals surface area contributed by atoms with E-state index in [2.05, 4.69) is 33.6 Å². The Hall–Kier alpha value is -2.00. The quantitative estimate of drug-likeness (QED) is 0.279. The van der Waals surface area contributed by atoms with Crippen LogP contribution in [0.1, 0.15) is 25.5 Å². The second kappa shape index (κ2) is 8.74. The highest BCUT2D eigenvalue weighted by Crippen LogP contribution is 2.08. The number of nitrogens with zero attached hydrogens (tertiary/aromatic N) is 6. The standard InChI is InChI=1S/C15H24N6O2S/c1-13(2)20-6-3-4-14(15(20)24)12-16-5-7-18-8-10-19(11-9-18)21(23)17-22/h3-4,6,12-13,22H,5,7-11H2,1-2H3. The van der Waals surface area contributed by atoms with E-state index < -0.39 is 0 Å². The first-order chi connectivity index (χ1) is 11.5. The summed E-state index contributed by atoms with van der Waals surface area (Å²) in [5.41, 5.74) is 0.956. The van der Waals surface area contributed by atoms with E-state index in [1.165, 1.54) is 5.01 Å². The van der Waals surface area contributed by atoms with Crippen LogP contribution in [0, 0.1) is 9.85 Å². The molecule has 0 radical (unpaired) electrons. The lowest BCUT2D eigenvalue weighted by Gasteiger charge is -2.30. The molecule has 0 aromatic carbocycles. The Morgan fingerprint density at radius 3 is 2.71 bits per heavy atom. The minimum Gasteiger partial charge on any atom is -0.569 e. The average molecular weight is 352 g/mol. The largest absolute Gasteiger partial charge is 0.569 e. The minimum atomic E-state index is 0.236. The number of aliphatic imine (C=N–C) groups is 1. The molecule has 2 rings (SSSR count). The van der Waals surface area contributed by atoms with Gasteiger partial charge in [-0.05, 0) is 26.0 Å². The van der Waals surface area contributed by atoms with Crippen LogP contribution in [-0.2, 0) is 0 Å². The van der Waals surface area contributed by atoms with Crippen LogP contribution in [0.5, 0.6) is 0 Å². The highest BCUT2D eigenvalue weighted by molar-refractivity contribution is 7.71. The summed E-state index contributed by atoms with van der Waals surface area (Å²) in [5.74, 6) is 0. The predicted molar refractivity (Wildman–Crippen MR) is 94.0 cm³/mol. The molecule has 0 aliphatic carbocycles. The zero-order valence-corrected chi connectivity index (χ0v) is 14.9. The predicted octanol–water partition coefficient (Wildman–Crippen LogP) is 2.10. The van der Waals surface area contributed by atoms with Gasteiger partial charge >= 0.3 is 0 Å². The Morgan fingerprint density at radius 1 is 1.38 bits per heavy atom. The number of pyridine rings is 1. The molecule has 9 heteroatoms.